The predicted octanol–water partition coefficient (Wildman–Crippen LogP) is 1.49. The summed E-state index contributed by atoms with van der Waals surface area (Å²) >= 11 is 0. The fourth-order valence-electron chi connectivity index (χ4n) is 3.02. The number of piperidine rings is 2. The van der Waals surface area contributed by atoms with Gasteiger partial charge in [0.15, 0.2) is 0 Å². The van der Waals surface area contributed by atoms with E-state index >= 15 is 0 Å². The van der Waals surface area contributed by atoms with E-state index in [0.717, 1.165) is 25.2 Å². The standard InChI is InChI=1S/C13H26N2O/c1-2-16-11-12-4-3-9-15(10-12)13-5-7-14-8-6-13/h12-14H,2-11H2,1H3. The van der Waals surface area contributed by atoms with Gasteiger partial charge in [-0.2, -0.15) is 0 Å². The van der Waals surface area contributed by atoms with Gasteiger partial charge >= 0.3 is 0 Å². The molecule has 0 aromatic carbocycles. The van der Waals surface area contributed by atoms with Crippen molar-refractivity contribution in [3.63, 3.8) is 0 Å². The van der Waals surface area contributed by atoms with Gasteiger partial charge in [-0.3, -0.25) is 4.90 Å². The van der Waals surface area contributed by atoms with Gasteiger partial charge in [-0.15, -0.1) is 0 Å². The van der Waals surface area contributed by atoms with E-state index in [4.69, 9.17) is 4.74 Å². The molecule has 94 valence electrons. The predicted molar refractivity (Wildman–Crippen MR) is 66.7 cm³/mol. The van der Waals surface area contributed by atoms with Crippen LogP contribution < -0.4 is 5.32 Å². The minimum atomic E-state index is 0.781. The fraction of sp³-hybridized carbons (Fsp3) is 1.00. The monoisotopic (exact) mass is 226 g/mol. The first-order chi connectivity index (χ1) is 7.90. The molecule has 0 saturated carbocycles. The number of nitrogens with one attached hydrogen (secondary N) is 1. The molecule has 0 aliphatic carbocycles. The Bertz CT molecular complexity index is 192. The molecule has 0 radical (unpaired) electrons. The topological polar surface area (TPSA) is 24.5 Å². The van der Waals surface area contributed by atoms with Crippen molar-refractivity contribution >= 4 is 0 Å². The molecule has 1 unspecified atom stereocenters. The molecule has 2 aliphatic heterocycles. The Hall–Kier alpha value is -0.120. The van der Waals surface area contributed by atoms with Gasteiger partial charge in [-0.25, -0.2) is 0 Å². The highest BCUT2D eigenvalue weighted by Crippen LogP contribution is 2.22. The van der Waals surface area contributed by atoms with Gasteiger partial charge < -0.3 is 10.1 Å². The Labute approximate surface area is 99.5 Å². The summed E-state index contributed by atoms with van der Waals surface area (Å²) < 4.78 is 5.57. The normalized spacial score (nSPS) is 29.4. The molecule has 3 nitrogen and oxygen atoms in total. The lowest BCUT2D eigenvalue weighted by Gasteiger charge is -2.40. The molecular weight excluding hydrogens is 200 g/mol. The summed E-state index contributed by atoms with van der Waals surface area (Å²) in [6, 6.07) is 0.839. The van der Waals surface area contributed by atoms with Crippen molar-refractivity contribution in [1.82, 2.24) is 10.2 Å². The first-order valence-corrected chi connectivity index (χ1v) is 6.92. The summed E-state index contributed by atoms with van der Waals surface area (Å²) in [5.74, 6) is 0.781. The fourth-order valence-corrected chi connectivity index (χ4v) is 3.02. The largest absolute Gasteiger partial charge is 0.381 e. The molecule has 0 spiro atoms. The zero-order valence-electron chi connectivity index (χ0n) is 10.6. The molecule has 2 heterocycles. The van der Waals surface area contributed by atoms with Crippen LogP contribution in [-0.4, -0.2) is 50.3 Å². The molecule has 2 fully saturated rings. The zero-order valence-corrected chi connectivity index (χ0v) is 10.6. The molecule has 3 heteroatoms. The molecule has 0 aromatic heterocycles. The van der Waals surface area contributed by atoms with Crippen LogP contribution >= 0.6 is 0 Å². The molecule has 0 amide bonds. The van der Waals surface area contributed by atoms with E-state index < -0.39 is 0 Å². The molecule has 2 aliphatic rings. The van der Waals surface area contributed by atoms with Crippen molar-refractivity contribution in [3.8, 4) is 0 Å². The van der Waals surface area contributed by atoms with Gasteiger partial charge in [0.05, 0.1) is 6.61 Å². The second-order valence-corrected chi connectivity index (χ2v) is 5.14. The zero-order chi connectivity index (χ0) is 11.2. The molecule has 1 N–H and O–H groups in total. The Morgan fingerprint density at radius 3 is 2.81 bits per heavy atom. The minimum Gasteiger partial charge on any atom is -0.381 e. The minimum absolute atomic E-state index is 0.781. The van der Waals surface area contributed by atoms with Gasteiger partial charge in [0.25, 0.3) is 0 Å². The Balaban J connectivity index is 1.76. The van der Waals surface area contributed by atoms with Gasteiger partial charge in [0.2, 0.25) is 0 Å². The lowest BCUT2D eigenvalue weighted by atomic mass is 9.95. The number of hydrogen-bond donors (Lipinski definition) is 1. The maximum Gasteiger partial charge on any atom is 0.0506 e. The summed E-state index contributed by atoms with van der Waals surface area (Å²) in [6.45, 7) is 8.92. The third-order valence-corrected chi connectivity index (χ3v) is 3.93. The highest BCUT2D eigenvalue weighted by Gasteiger charge is 2.26. The Kier molecular flexibility index (Phi) is 5.07. The van der Waals surface area contributed by atoms with Crippen LogP contribution in [0.5, 0.6) is 0 Å². The number of nitrogens with zero attached hydrogens (tertiary/aromatic N) is 1. The van der Waals surface area contributed by atoms with E-state index in [2.05, 4.69) is 17.1 Å². The van der Waals surface area contributed by atoms with Crippen molar-refractivity contribution in [2.75, 3.05) is 39.4 Å². The highest BCUT2D eigenvalue weighted by atomic mass is 16.5. The smallest absolute Gasteiger partial charge is 0.0506 e. The van der Waals surface area contributed by atoms with Crippen molar-refractivity contribution in [1.29, 1.82) is 0 Å². The number of rotatable bonds is 4. The van der Waals surface area contributed by atoms with E-state index in [9.17, 15) is 0 Å². The molecule has 0 bridgehead atoms. The third kappa shape index (κ3) is 3.44. The highest BCUT2D eigenvalue weighted by molar-refractivity contribution is 4.82. The van der Waals surface area contributed by atoms with E-state index in [0.29, 0.717) is 0 Å². The summed E-state index contributed by atoms with van der Waals surface area (Å²) in [4.78, 5) is 2.72. The average Bonchev–Trinajstić information content (AvgIpc) is 2.38. The number of likely N-dealkylation sites (tertiary alicyclic amines) is 1. The van der Waals surface area contributed by atoms with Gasteiger partial charge in [0, 0.05) is 19.2 Å². The van der Waals surface area contributed by atoms with Crippen molar-refractivity contribution < 1.29 is 4.74 Å². The Morgan fingerprint density at radius 1 is 1.25 bits per heavy atom. The summed E-state index contributed by atoms with van der Waals surface area (Å²) in [5.41, 5.74) is 0. The van der Waals surface area contributed by atoms with E-state index in [1.807, 2.05) is 0 Å². The average molecular weight is 226 g/mol. The first-order valence-electron chi connectivity index (χ1n) is 6.92. The second-order valence-electron chi connectivity index (χ2n) is 5.14. The van der Waals surface area contributed by atoms with Crippen LogP contribution in [0, 0.1) is 5.92 Å². The maximum atomic E-state index is 5.57. The SMILES string of the molecule is CCOCC1CCCN(C2CCNCC2)C1. The van der Waals surface area contributed by atoms with Crippen LogP contribution in [-0.2, 0) is 4.74 Å². The summed E-state index contributed by atoms with van der Waals surface area (Å²) in [7, 11) is 0. The summed E-state index contributed by atoms with van der Waals surface area (Å²) in [5, 5.41) is 3.45. The molecule has 16 heavy (non-hydrogen) atoms. The van der Waals surface area contributed by atoms with Gasteiger partial charge in [0.1, 0.15) is 0 Å². The Morgan fingerprint density at radius 2 is 2.06 bits per heavy atom. The van der Waals surface area contributed by atoms with Crippen LogP contribution in [0.4, 0.5) is 0 Å². The van der Waals surface area contributed by atoms with Gasteiger partial charge in [-0.05, 0) is 58.2 Å². The molecular formula is C13H26N2O. The lowest BCUT2D eigenvalue weighted by Crippen LogP contribution is -2.48. The number of hydrogen-bond acceptors (Lipinski definition) is 3. The molecule has 0 aromatic rings. The first kappa shape index (κ1) is 12.3. The van der Waals surface area contributed by atoms with Crippen LogP contribution in [0.25, 0.3) is 0 Å². The van der Waals surface area contributed by atoms with Crippen molar-refractivity contribution in [2.45, 2.75) is 38.6 Å². The maximum absolute atomic E-state index is 5.57. The van der Waals surface area contributed by atoms with E-state index in [-0.39, 0.29) is 0 Å². The lowest BCUT2D eigenvalue weighted by molar-refractivity contribution is 0.0443. The molecule has 2 rings (SSSR count). The van der Waals surface area contributed by atoms with Crippen LogP contribution in [0.3, 0.4) is 0 Å². The van der Waals surface area contributed by atoms with Gasteiger partial charge in [-0.1, -0.05) is 0 Å². The van der Waals surface area contributed by atoms with Crippen LogP contribution in [0.1, 0.15) is 32.6 Å². The van der Waals surface area contributed by atoms with Crippen molar-refractivity contribution in [3.05, 3.63) is 0 Å². The van der Waals surface area contributed by atoms with Crippen molar-refractivity contribution in [2.24, 2.45) is 5.92 Å². The van der Waals surface area contributed by atoms with E-state index in [1.165, 1.54) is 51.9 Å². The van der Waals surface area contributed by atoms with E-state index in [1.54, 1.807) is 0 Å². The van der Waals surface area contributed by atoms with Crippen LogP contribution in [0.15, 0.2) is 0 Å². The summed E-state index contributed by atoms with van der Waals surface area (Å²) in [6.07, 6.45) is 5.39. The quantitative estimate of drug-likeness (QED) is 0.786. The third-order valence-electron chi connectivity index (χ3n) is 3.93. The number of ether oxygens (including phenoxy) is 1. The molecule has 1 atom stereocenters. The second kappa shape index (κ2) is 6.58. The molecule has 2 saturated heterocycles. The van der Waals surface area contributed by atoms with Crippen LogP contribution in [0.2, 0.25) is 0 Å².